The maximum absolute atomic E-state index is 12.8. The summed E-state index contributed by atoms with van der Waals surface area (Å²) in [5.74, 6) is -0.506. The zero-order chi connectivity index (χ0) is 23.6. The number of carbonyl (C=O) groups excluding carboxylic acids is 3. The van der Waals surface area contributed by atoms with Gasteiger partial charge in [-0.25, -0.2) is 0 Å². The fraction of sp³-hybridized carbons (Fsp3) is 0.160. The van der Waals surface area contributed by atoms with E-state index in [-0.39, 0.29) is 24.0 Å². The average molecular weight is 464 g/mol. The van der Waals surface area contributed by atoms with Crippen LogP contribution in [0.2, 0.25) is 0 Å². The second kappa shape index (κ2) is 11.7. The van der Waals surface area contributed by atoms with Crippen LogP contribution in [0.3, 0.4) is 0 Å². The van der Waals surface area contributed by atoms with Gasteiger partial charge in [-0.15, -0.1) is 11.8 Å². The third-order valence-corrected chi connectivity index (χ3v) is 5.98. The third-order valence-electron chi connectivity index (χ3n) is 4.62. The Kier molecular flexibility index (Phi) is 8.49. The Bertz CT molecular complexity index is 1120. The molecule has 7 nitrogen and oxygen atoms in total. The molecular formula is C25H25N3O4S. The first kappa shape index (κ1) is 23.9. The normalized spacial score (nSPS) is 11.3. The molecule has 0 aliphatic heterocycles. The van der Waals surface area contributed by atoms with Crippen molar-refractivity contribution in [1.82, 2.24) is 0 Å². The molecule has 33 heavy (non-hydrogen) atoms. The summed E-state index contributed by atoms with van der Waals surface area (Å²) in [5.41, 5.74) is 6.64. The van der Waals surface area contributed by atoms with Crippen molar-refractivity contribution in [1.29, 1.82) is 0 Å². The van der Waals surface area contributed by atoms with Gasteiger partial charge in [-0.1, -0.05) is 43.3 Å². The maximum Gasteiger partial charge on any atom is 0.262 e. The lowest BCUT2D eigenvalue weighted by atomic mass is 10.1. The molecule has 0 saturated carbocycles. The number of anilines is 2. The number of carbonyl (C=O) groups is 3. The zero-order valence-corrected chi connectivity index (χ0v) is 18.9. The molecule has 3 amide bonds. The van der Waals surface area contributed by atoms with E-state index in [1.165, 1.54) is 11.8 Å². The van der Waals surface area contributed by atoms with Crippen molar-refractivity contribution in [2.24, 2.45) is 5.73 Å². The van der Waals surface area contributed by atoms with E-state index < -0.39 is 11.2 Å². The molecule has 0 spiro atoms. The number of nitrogens with one attached hydrogen (secondary N) is 2. The van der Waals surface area contributed by atoms with Crippen LogP contribution in [0.25, 0.3) is 0 Å². The van der Waals surface area contributed by atoms with E-state index in [0.717, 1.165) is 4.90 Å². The summed E-state index contributed by atoms with van der Waals surface area (Å²) in [6.45, 7) is 1.80. The number of hydrogen-bond acceptors (Lipinski definition) is 5. The van der Waals surface area contributed by atoms with Gasteiger partial charge in [0.15, 0.2) is 6.61 Å². The van der Waals surface area contributed by atoms with Gasteiger partial charge in [-0.3, -0.25) is 14.4 Å². The van der Waals surface area contributed by atoms with Crippen LogP contribution in [-0.4, -0.2) is 29.6 Å². The molecule has 1 atom stereocenters. The lowest BCUT2D eigenvalue weighted by Gasteiger charge is -2.16. The van der Waals surface area contributed by atoms with Crippen LogP contribution in [-0.2, 0) is 9.59 Å². The number of primary amides is 1. The number of thioether (sulfide) groups is 1. The Balaban J connectivity index is 1.60. The van der Waals surface area contributed by atoms with Crippen molar-refractivity contribution < 1.29 is 19.1 Å². The van der Waals surface area contributed by atoms with Gasteiger partial charge in [0.2, 0.25) is 5.91 Å². The highest BCUT2D eigenvalue weighted by Gasteiger charge is 2.20. The van der Waals surface area contributed by atoms with Gasteiger partial charge >= 0.3 is 0 Å². The van der Waals surface area contributed by atoms with Crippen molar-refractivity contribution in [2.45, 2.75) is 23.5 Å². The highest BCUT2D eigenvalue weighted by molar-refractivity contribution is 8.00. The lowest BCUT2D eigenvalue weighted by Crippen LogP contribution is -2.26. The van der Waals surface area contributed by atoms with Crippen molar-refractivity contribution >= 4 is 40.9 Å². The number of amides is 3. The van der Waals surface area contributed by atoms with Crippen LogP contribution in [0, 0.1) is 0 Å². The summed E-state index contributed by atoms with van der Waals surface area (Å²) < 4.78 is 5.46. The number of hydrogen-bond donors (Lipinski definition) is 3. The summed E-state index contributed by atoms with van der Waals surface area (Å²) in [4.78, 5) is 37.5. The van der Waals surface area contributed by atoms with Crippen LogP contribution in [0.5, 0.6) is 5.75 Å². The van der Waals surface area contributed by atoms with E-state index in [9.17, 15) is 14.4 Å². The fourth-order valence-corrected chi connectivity index (χ4v) is 4.03. The van der Waals surface area contributed by atoms with Crippen LogP contribution in [0.15, 0.2) is 83.8 Å². The van der Waals surface area contributed by atoms with Gasteiger partial charge in [-0.2, -0.15) is 0 Å². The number of benzene rings is 3. The summed E-state index contributed by atoms with van der Waals surface area (Å²) in [7, 11) is 0. The van der Waals surface area contributed by atoms with Gasteiger partial charge in [0.05, 0.1) is 16.5 Å². The topological polar surface area (TPSA) is 111 Å². The van der Waals surface area contributed by atoms with Crippen LogP contribution >= 0.6 is 11.8 Å². The summed E-state index contributed by atoms with van der Waals surface area (Å²) in [6.07, 6.45) is 0.566. The molecule has 1 unspecified atom stereocenters. The van der Waals surface area contributed by atoms with Crippen molar-refractivity contribution in [2.75, 3.05) is 17.2 Å². The van der Waals surface area contributed by atoms with Gasteiger partial charge in [0, 0.05) is 10.6 Å². The van der Waals surface area contributed by atoms with E-state index in [2.05, 4.69) is 10.6 Å². The Labute approximate surface area is 196 Å². The zero-order valence-electron chi connectivity index (χ0n) is 18.1. The molecule has 0 bridgehead atoms. The number of rotatable bonds is 10. The Hall–Kier alpha value is -3.78. The molecule has 3 aromatic rings. The van der Waals surface area contributed by atoms with Gasteiger partial charge in [0.1, 0.15) is 5.75 Å². The van der Waals surface area contributed by atoms with E-state index >= 15 is 0 Å². The molecule has 0 saturated heterocycles. The third kappa shape index (κ3) is 7.11. The van der Waals surface area contributed by atoms with Crippen molar-refractivity contribution in [3.63, 3.8) is 0 Å². The van der Waals surface area contributed by atoms with Crippen LogP contribution in [0.1, 0.15) is 23.7 Å². The summed E-state index contributed by atoms with van der Waals surface area (Å²) >= 11 is 1.37. The highest BCUT2D eigenvalue weighted by atomic mass is 32.2. The van der Waals surface area contributed by atoms with E-state index in [4.69, 9.17) is 10.5 Å². The molecule has 4 N–H and O–H groups in total. The second-order valence-electron chi connectivity index (χ2n) is 7.09. The molecule has 0 aromatic heterocycles. The lowest BCUT2D eigenvalue weighted by molar-refractivity contribution is -0.118. The first-order valence-electron chi connectivity index (χ1n) is 10.4. The van der Waals surface area contributed by atoms with Gasteiger partial charge in [-0.05, 0) is 48.9 Å². The predicted octanol–water partition coefficient (Wildman–Crippen LogP) is 4.31. The molecule has 170 valence electrons. The average Bonchev–Trinajstić information content (AvgIpc) is 2.82. The Morgan fingerprint density at radius 2 is 1.67 bits per heavy atom. The minimum absolute atomic E-state index is 0.110. The Morgan fingerprint density at radius 1 is 0.939 bits per heavy atom. The number of nitrogens with two attached hydrogens (primary N) is 1. The number of para-hydroxylation sites is 2. The quantitative estimate of drug-likeness (QED) is 0.388. The first-order chi connectivity index (χ1) is 16.0. The molecular weight excluding hydrogens is 438 g/mol. The van der Waals surface area contributed by atoms with E-state index in [0.29, 0.717) is 23.5 Å². The molecule has 0 radical (unpaired) electrons. The van der Waals surface area contributed by atoms with Gasteiger partial charge < -0.3 is 21.1 Å². The summed E-state index contributed by atoms with van der Waals surface area (Å²) in [5, 5.41) is 5.19. The highest BCUT2D eigenvalue weighted by Crippen LogP contribution is 2.29. The first-order valence-corrected chi connectivity index (χ1v) is 11.3. The Morgan fingerprint density at radius 3 is 2.39 bits per heavy atom. The largest absolute Gasteiger partial charge is 0.484 e. The minimum atomic E-state index is -0.605. The minimum Gasteiger partial charge on any atom is -0.484 e. The molecule has 0 aliphatic rings. The smallest absolute Gasteiger partial charge is 0.262 e. The van der Waals surface area contributed by atoms with E-state index in [1.807, 2.05) is 37.3 Å². The maximum atomic E-state index is 12.8. The SMILES string of the molecule is CCC(Sc1cccc(NC(=O)COc2ccccc2)c1)C(=O)Nc1ccccc1C(N)=O. The molecule has 0 fully saturated rings. The number of ether oxygens (including phenoxy) is 1. The van der Waals surface area contributed by atoms with E-state index in [1.54, 1.807) is 48.5 Å². The molecule has 0 aliphatic carbocycles. The second-order valence-corrected chi connectivity index (χ2v) is 8.37. The standard InChI is InChI=1S/C25H25N3O4S/c1-2-22(25(31)28-21-14-7-6-13-20(21)24(26)30)33-19-12-8-9-17(15-19)27-23(29)16-32-18-10-4-3-5-11-18/h3-15,22H,2,16H2,1H3,(H2,26,30)(H,27,29)(H,28,31). The fourth-order valence-electron chi connectivity index (χ4n) is 3.02. The molecule has 3 aromatic carbocycles. The van der Waals surface area contributed by atoms with Crippen LogP contribution < -0.4 is 21.1 Å². The van der Waals surface area contributed by atoms with Crippen molar-refractivity contribution in [3.8, 4) is 5.75 Å². The van der Waals surface area contributed by atoms with Crippen molar-refractivity contribution in [3.05, 3.63) is 84.4 Å². The van der Waals surface area contributed by atoms with Crippen LogP contribution in [0.4, 0.5) is 11.4 Å². The van der Waals surface area contributed by atoms with Gasteiger partial charge in [0.25, 0.3) is 11.8 Å². The monoisotopic (exact) mass is 463 g/mol. The molecule has 8 heteroatoms. The molecule has 0 heterocycles. The predicted molar refractivity (Wildman–Crippen MR) is 131 cm³/mol. The molecule has 3 rings (SSSR count). The summed E-state index contributed by atoms with van der Waals surface area (Å²) in [6, 6.07) is 23.0.